The van der Waals surface area contributed by atoms with Gasteiger partial charge in [-0.2, -0.15) is 0 Å². The molecule has 1 aromatic carbocycles. The Hall–Kier alpha value is -0.640. The van der Waals surface area contributed by atoms with Gasteiger partial charge in [0.2, 0.25) is 0 Å². The zero-order valence-corrected chi connectivity index (χ0v) is 11.1. The normalized spacial score (nSPS) is 14.4. The number of benzene rings is 1. The minimum absolute atomic E-state index is 0.347. The number of aliphatic hydroxyl groups excluding tert-OH is 1. The van der Waals surface area contributed by atoms with Gasteiger partial charge in [0.1, 0.15) is 0 Å². The van der Waals surface area contributed by atoms with Gasteiger partial charge in [0.25, 0.3) is 0 Å². The van der Waals surface area contributed by atoms with E-state index in [2.05, 4.69) is 34.7 Å². The van der Waals surface area contributed by atoms with Gasteiger partial charge < -0.3 is 10.4 Å². The molecular formula is C13H18BrNO. The van der Waals surface area contributed by atoms with Crippen LogP contribution in [0.3, 0.4) is 0 Å². The molecule has 2 nitrogen and oxygen atoms in total. The predicted molar refractivity (Wildman–Crippen MR) is 71.4 cm³/mol. The first kappa shape index (κ1) is 13.4. The van der Waals surface area contributed by atoms with Crippen molar-refractivity contribution in [1.29, 1.82) is 0 Å². The Kier molecular flexibility index (Phi) is 5.74. The van der Waals surface area contributed by atoms with E-state index >= 15 is 0 Å². The minimum atomic E-state index is -0.468. The van der Waals surface area contributed by atoms with E-state index in [1.807, 2.05) is 30.3 Å². The Labute approximate surface area is 106 Å². The van der Waals surface area contributed by atoms with Crippen molar-refractivity contribution in [1.82, 2.24) is 5.32 Å². The van der Waals surface area contributed by atoms with Crippen LogP contribution >= 0.6 is 15.9 Å². The summed E-state index contributed by atoms with van der Waals surface area (Å²) < 4.78 is 0.989. The Morgan fingerprint density at radius 1 is 1.56 bits per heavy atom. The molecule has 0 saturated heterocycles. The maximum absolute atomic E-state index is 9.95. The van der Waals surface area contributed by atoms with E-state index in [4.69, 9.17) is 0 Å². The number of rotatable bonds is 6. The van der Waals surface area contributed by atoms with Crippen LogP contribution in [0, 0.1) is 0 Å². The van der Waals surface area contributed by atoms with Crippen molar-refractivity contribution >= 4 is 15.9 Å². The van der Waals surface area contributed by atoms with Crippen molar-refractivity contribution in [3.8, 4) is 0 Å². The average molecular weight is 284 g/mol. The Morgan fingerprint density at radius 2 is 2.31 bits per heavy atom. The third-order valence-corrected chi connectivity index (χ3v) is 2.91. The number of aliphatic hydroxyl groups is 1. The highest BCUT2D eigenvalue weighted by Gasteiger charge is 2.08. The van der Waals surface area contributed by atoms with Gasteiger partial charge in [-0.15, -0.1) is 6.58 Å². The molecule has 2 atom stereocenters. The Bertz CT molecular complexity index is 340. The highest BCUT2D eigenvalue weighted by Crippen LogP contribution is 2.17. The number of hydrogen-bond donors (Lipinski definition) is 2. The van der Waals surface area contributed by atoms with Crippen LogP contribution in [0.2, 0.25) is 0 Å². The molecule has 1 aromatic rings. The molecular weight excluding hydrogens is 266 g/mol. The van der Waals surface area contributed by atoms with E-state index in [-0.39, 0.29) is 0 Å². The summed E-state index contributed by atoms with van der Waals surface area (Å²) in [5.41, 5.74) is 0.924. The molecule has 0 heterocycles. The van der Waals surface area contributed by atoms with Crippen molar-refractivity contribution in [2.45, 2.75) is 25.5 Å². The van der Waals surface area contributed by atoms with Gasteiger partial charge in [0, 0.05) is 17.1 Å². The lowest BCUT2D eigenvalue weighted by molar-refractivity contribution is 0.170. The molecule has 3 heteroatoms. The Morgan fingerprint density at radius 3 is 2.94 bits per heavy atom. The molecule has 0 aromatic heterocycles. The molecule has 0 saturated carbocycles. The summed E-state index contributed by atoms with van der Waals surface area (Å²) in [5, 5.41) is 13.2. The minimum Gasteiger partial charge on any atom is -0.387 e. The zero-order chi connectivity index (χ0) is 12.0. The Balaban J connectivity index is 2.46. The monoisotopic (exact) mass is 283 g/mol. The van der Waals surface area contributed by atoms with Crippen LogP contribution in [0.25, 0.3) is 0 Å². The summed E-state index contributed by atoms with van der Waals surface area (Å²) in [5.74, 6) is 0. The molecule has 88 valence electrons. The summed E-state index contributed by atoms with van der Waals surface area (Å²) in [7, 11) is 0. The first-order chi connectivity index (χ1) is 7.63. The van der Waals surface area contributed by atoms with Gasteiger partial charge in [0.05, 0.1) is 6.10 Å². The van der Waals surface area contributed by atoms with Crippen LogP contribution in [-0.4, -0.2) is 17.7 Å². The molecule has 0 fully saturated rings. The van der Waals surface area contributed by atoms with E-state index < -0.39 is 6.10 Å². The maximum atomic E-state index is 9.95. The zero-order valence-electron chi connectivity index (χ0n) is 9.49. The topological polar surface area (TPSA) is 32.3 Å². The SMILES string of the molecule is C=CCC(C)NCC(O)c1cccc(Br)c1. The van der Waals surface area contributed by atoms with Crippen LogP contribution in [0.15, 0.2) is 41.4 Å². The van der Waals surface area contributed by atoms with Gasteiger partial charge in [-0.3, -0.25) is 0 Å². The first-order valence-electron chi connectivity index (χ1n) is 5.41. The van der Waals surface area contributed by atoms with Gasteiger partial charge in [-0.05, 0) is 31.0 Å². The predicted octanol–water partition coefficient (Wildman–Crippen LogP) is 3.04. The van der Waals surface area contributed by atoms with Crippen LogP contribution in [0.4, 0.5) is 0 Å². The molecule has 16 heavy (non-hydrogen) atoms. The van der Waals surface area contributed by atoms with E-state index in [9.17, 15) is 5.11 Å². The van der Waals surface area contributed by atoms with Gasteiger partial charge in [0.15, 0.2) is 0 Å². The first-order valence-corrected chi connectivity index (χ1v) is 6.20. The summed E-state index contributed by atoms with van der Waals surface area (Å²) >= 11 is 3.39. The van der Waals surface area contributed by atoms with Crippen LogP contribution < -0.4 is 5.32 Å². The van der Waals surface area contributed by atoms with E-state index in [0.29, 0.717) is 12.6 Å². The van der Waals surface area contributed by atoms with Gasteiger partial charge in [-0.1, -0.05) is 34.1 Å². The molecule has 0 radical (unpaired) electrons. The molecule has 0 spiro atoms. The second kappa shape index (κ2) is 6.84. The van der Waals surface area contributed by atoms with Crippen LogP contribution in [0.1, 0.15) is 25.0 Å². The second-order valence-corrected chi connectivity index (χ2v) is 4.82. The molecule has 0 aliphatic carbocycles. The molecule has 2 N–H and O–H groups in total. The summed E-state index contributed by atoms with van der Waals surface area (Å²) in [6, 6.07) is 8.08. The smallest absolute Gasteiger partial charge is 0.0914 e. The number of hydrogen-bond acceptors (Lipinski definition) is 2. The number of nitrogens with one attached hydrogen (secondary N) is 1. The van der Waals surface area contributed by atoms with Gasteiger partial charge >= 0.3 is 0 Å². The lowest BCUT2D eigenvalue weighted by Crippen LogP contribution is -2.29. The van der Waals surface area contributed by atoms with Crippen LogP contribution in [0.5, 0.6) is 0 Å². The van der Waals surface area contributed by atoms with Crippen molar-refractivity contribution < 1.29 is 5.11 Å². The standard InChI is InChI=1S/C13H18BrNO/c1-3-5-10(2)15-9-13(16)11-6-4-7-12(14)8-11/h3-4,6-8,10,13,15-16H,1,5,9H2,2H3. The third-order valence-electron chi connectivity index (χ3n) is 2.41. The van der Waals surface area contributed by atoms with Crippen molar-refractivity contribution in [3.05, 3.63) is 47.0 Å². The summed E-state index contributed by atoms with van der Waals surface area (Å²) in [6.07, 6.45) is 2.32. The second-order valence-electron chi connectivity index (χ2n) is 3.90. The maximum Gasteiger partial charge on any atom is 0.0914 e. The highest BCUT2D eigenvalue weighted by atomic mass is 79.9. The van der Waals surface area contributed by atoms with Crippen molar-refractivity contribution in [2.75, 3.05) is 6.54 Å². The third kappa shape index (κ3) is 4.47. The van der Waals surface area contributed by atoms with E-state index in [1.54, 1.807) is 0 Å². The summed E-state index contributed by atoms with van der Waals surface area (Å²) in [6.45, 7) is 6.33. The summed E-state index contributed by atoms with van der Waals surface area (Å²) in [4.78, 5) is 0. The van der Waals surface area contributed by atoms with E-state index in [1.165, 1.54) is 0 Å². The van der Waals surface area contributed by atoms with Crippen molar-refractivity contribution in [3.63, 3.8) is 0 Å². The molecule has 0 amide bonds. The molecule has 2 unspecified atom stereocenters. The fourth-order valence-corrected chi connectivity index (χ4v) is 1.89. The quantitative estimate of drug-likeness (QED) is 0.787. The molecule has 0 bridgehead atoms. The van der Waals surface area contributed by atoms with Crippen LogP contribution in [-0.2, 0) is 0 Å². The largest absolute Gasteiger partial charge is 0.387 e. The van der Waals surface area contributed by atoms with Crippen molar-refractivity contribution in [2.24, 2.45) is 0 Å². The fourth-order valence-electron chi connectivity index (χ4n) is 1.48. The molecule has 0 aliphatic rings. The lowest BCUT2D eigenvalue weighted by atomic mass is 10.1. The fraction of sp³-hybridized carbons (Fsp3) is 0.385. The highest BCUT2D eigenvalue weighted by molar-refractivity contribution is 9.10. The molecule has 1 rings (SSSR count). The average Bonchev–Trinajstić information content (AvgIpc) is 2.26. The van der Waals surface area contributed by atoms with E-state index in [0.717, 1.165) is 16.5 Å². The van der Waals surface area contributed by atoms with Gasteiger partial charge in [-0.25, -0.2) is 0 Å². The molecule has 0 aliphatic heterocycles. The number of halogens is 1. The lowest BCUT2D eigenvalue weighted by Gasteiger charge is -2.16.